The van der Waals surface area contributed by atoms with Crippen molar-refractivity contribution in [2.24, 2.45) is 0 Å². The van der Waals surface area contributed by atoms with Gasteiger partial charge in [-0.1, -0.05) is 27.2 Å². The molecule has 2 aliphatic rings. The summed E-state index contributed by atoms with van der Waals surface area (Å²) in [6, 6.07) is 5.89. The Bertz CT molecular complexity index is 865. The minimum atomic E-state index is -0.0743. The van der Waals surface area contributed by atoms with Gasteiger partial charge in [-0.3, -0.25) is 4.79 Å². The third-order valence-corrected chi connectivity index (χ3v) is 5.89. The molecule has 0 aromatic carbocycles. The Morgan fingerprint density at radius 3 is 2.63 bits per heavy atom. The van der Waals surface area contributed by atoms with Crippen molar-refractivity contribution in [1.82, 2.24) is 19.7 Å². The lowest BCUT2D eigenvalue weighted by Gasteiger charge is -2.29. The van der Waals surface area contributed by atoms with Crippen molar-refractivity contribution in [2.75, 3.05) is 11.4 Å². The van der Waals surface area contributed by atoms with E-state index in [1.807, 2.05) is 6.07 Å². The van der Waals surface area contributed by atoms with Crippen LogP contribution in [0.15, 0.2) is 29.3 Å². The first kappa shape index (κ1) is 18.1. The molecule has 27 heavy (non-hydrogen) atoms. The van der Waals surface area contributed by atoms with Gasteiger partial charge in [-0.25, -0.2) is 14.6 Å². The van der Waals surface area contributed by atoms with Crippen molar-refractivity contribution in [1.29, 1.82) is 0 Å². The molecule has 2 aromatic rings. The molecule has 0 bridgehead atoms. The lowest BCUT2D eigenvalue weighted by Crippen LogP contribution is -2.38. The molecule has 0 amide bonds. The van der Waals surface area contributed by atoms with Crippen molar-refractivity contribution in [3.05, 3.63) is 46.3 Å². The highest BCUT2D eigenvalue weighted by Gasteiger charge is 2.29. The third-order valence-electron chi connectivity index (χ3n) is 5.89. The Labute approximate surface area is 160 Å². The molecule has 2 aromatic heterocycles. The maximum Gasteiger partial charge on any atom is 0.266 e. The van der Waals surface area contributed by atoms with Crippen LogP contribution in [0.4, 0.5) is 5.82 Å². The van der Waals surface area contributed by atoms with Crippen LogP contribution in [-0.4, -0.2) is 32.3 Å². The van der Waals surface area contributed by atoms with E-state index in [-0.39, 0.29) is 17.0 Å². The number of aromatic nitrogens is 4. The Morgan fingerprint density at radius 2 is 1.93 bits per heavy atom. The summed E-state index contributed by atoms with van der Waals surface area (Å²) in [6.07, 6.45) is 7.63. The van der Waals surface area contributed by atoms with Crippen LogP contribution in [0.2, 0.25) is 0 Å². The van der Waals surface area contributed by atoms with Gasteiger partial charge in [0.1, 0.15) is 12.1 Å². The molecule has 144 valence electrons. The fourth-order valence-electron chi connectivity index (χ4n) is 3.95. The summed E-state index contributed by atoms with van der Waals surface area (Å²) in [5.41, 5.74) is 2.00. The van der Waals surface area contributed by atoms with Crippen LogP contribution in [0.3, 0.4) is 0 Å². The van der Waals surface area contributed by atoms with Crippen LogP contribution in [-0.2, 0) is 12.0 Å². The molecule has 0 spiro atoms. The number of nitrogens with zero attached hydrogens (tertiary/aromatic N) is 5. The molecule has 1 saturated heterocycles. The van der Waals surface area contributed by atoms with Crippen molar-refractivity contribution < 1.29 is 0 Å². The molecule has 1 aliphatic heterocycles. The van der Waals surface area contributed by atoms with E-state index >= 15 is 0 Å². The Hall–Kier alpha value is -2.24. The highest BCUT2D eigenvalue weighted by Crippen LogP contribution is 2.36. The highest BCUT2D eigenvalue weighted by atomic mass is 16.1. The summed E-state index contributed by atoms with van der Waals surface area (Å²) in [6.45, 7) is 7.93. The second kappa shape index (κ2) is 7.06. The molecule has 1 aliphatic carbocycles. The second-order valence-corrected chi connectivity index (χ2v) is 8.91. The minimum absolute atomic E-state index is 0.0345. The molecule has 3 heterocycles. The van der Waals surface area contributed by atoms with E-state index in [9.17, 15) is 4.79 Å². The van der Waals surface area contributed by atoms with E-state index < -0.39 is 0 Å². The average Bonchev–Trinajstić information content (AvgIpc) is 3.03. The van der Waals surface area contributed by atoms with Crippen molar-refractivity contribution in [2.45, 2.75) is 76.8 Å². The van der Waals surface area contributed by atoms with Gasteiger partial charge in [-0.05, 0) is 31.7 Å². The molecular weight excluding hydrogens is 338 g/mol. The van der Waals surface area contributed by atoms with Crippen LogP contribution in [0, 0.1) is 0 Å². The number of hydrogen-bond donors (Lipinski definition) is 0. The summed E-state index contributed by atoms with van der Waals surface area (Å²) in [5, 5.41) is 4.65. The molecule has 6 heteroatoms. The third kappa shape index (κ3) is 3.75. The molecular formula is C21H29N5O. The van der Waals surface area contributed by atoms with Crippen molar-refractivity contribution in [3.63, 3.8) is 0 Å². The van der Waals surface area contributed by atoms with Crippen LogP contribution in [0.5, 0.6) is 0 Å². The Balaban J connectivity index is 1.57. The van der Waals surface area contributed by atoms with Crippen LogP contribution >= 0.6 is 0 Å². The number of anilines is 1. The lowest BCUT2D eigenvalue weighted by molar-refractivity contribution is 0.410. The molecule has 2 fully saturated rings. The van der Waals surface area contributed by atoms with Gasteiger partial charge < -0.3 is 4.90 Å². The second-order valence-electron chi connectivity index (χ2n) is 8.91. The molecule has 1 atom stereocenters. The first-order chi connectivity index (χ1) is 12.9. The zero-order chi connectivity index (χ0) is 19.0. The average molecular weight is 367 g/mol. The van der Waals surface area contributed by atoms with Gasteiger partial charge in [0.25, 0.3) is 5.56 Å². The minimum Gasteiger partial charge on any atom is -0.352 e. The molecule has 4 rings (SSSR count). The number of hydrogen-bond acceptors (Lipinski definition) is 5. The summed E-state index contributed by atoms with van der Waals surface area (Å²) in [5.74, 6) is 1.59. The first-order valence-corrected chi connectivity index (χ1v) is 10.1. The van der Waals surface area contributed by atoms with Gasteiger partial charge in [0.15, 0.2) is 0 Å². The van der Waals surface area contributed by atoms with E-state index in [0.29, 0.717) is 12.5 Å². The zero-order valence-electron chi connectivity index (χ0n) is 16.6. The normalized spacial score (nSPS) is 20.7. The molecule has 1 saturated carbocycles. The number of rotatable bonds is 4. The molecule has 0 N–H and O–H groups in total. The van der Waals surface area contributed by atoms with Crippen molar-refractivity contribution >= 4 is 5.82 Å². The summed E-state index contributed by atoms with van der Waals surface area (Å²) in [7, 11) is 0. The lowest BCUT2D eigenvalue weighted by atomic mass is 9.83. The van der Waals surface area contributed by atoms with Gasteiger partial charge in [-0.2, -0.15) is 5.10 Å². The summed E-state index contributed by atoms with van der Waals surface area (Å²) >= 11 is 0. The topological polar surface area (TPSA) is 63.9 Å². The van der Waals surface area contributed by atoms with E-state index in [2.05, 4.69) is 46.8 Å². The smallest absolute Gasteiger partial charge is 0.266 e. The monoisotopic (exact) mass is 367 g/mol. The van der Waals surface area contributed by atoms with Gasteiger partial charge >= 0.3 is 0 Å². The van der Waals surface area contributed by atoms with Gasteiger partial charge in [-0.15, -0.1) is 0 Å². The standard InChI is InChI=1S/C21H29N5O/c1-21(2,3)18-9-10-20(27)26(24-18)13-16-8-5-11-25(16)19-12-17(22-14-23-19)15-6-4-7-15/h9-10,12,14-16H,4-8,11,13H2,1-3H3. The first-order valence-electron chi connectivity index (χ1n) is 10.1. The molecule has 6 nitrogen and oxygen atoms in total. The SMILES string of the molecule is CC(C)(C)c1ccc(=O)n(CC2CCCN2c2cc(C3CCC3)ncn2)n1. The summed E-state index contributed by atoms with van der Waals surface area (Å²) < 4.78 is 1.64. The van der Waals surface area contributed by atoms with Gasteiger partial charge in [0.2, 0.25) is 0 Å². The van der Waals surface area contributed by atoms with E-state index in [1.54, 1.807) is 17.1 Å². The Morgan fingerprint density at radius 1 is 1.11 bits per heavy atom. The van der Waals surface area contributed by atoms with Crippen LogP contribution in [0.1, 0.15) is 70.2 Å². The summed E-state index contributed by atoms with van der Waals surface area (Å²) in [4.78, 5) is 23.7. The van der Waals surface area contributed by atoms with Crippen LogP contribution < -0.4 is 10.5 Å². The quantitative estimate of drug-likeness (QED) is 0.830. The van der Waals surface area contributed by atoms with E-state index in [1.165, 1.54) is 25.0 Å². The largest absolute Gasteiger partial charge is 0.352 e. The highest BCUT2D eigenvalue weighted by molar-refractivity contribution is 5.42. The van der Waals surface area contributed by atoms with Crippen LogP contribution in [0.25, 0.3) is 0 Å². The maximum atomic E-state index is 12.4. The fraction of sp³-hybridized carbons (Fsp3) is 0.619. The molecule has 0 radical (unpaired) electrons. The fourth-order valence-corrected chi connectivity index (χ4v) is 3.95. The zero-order valence-corrected chi connectivity index (χ0v) is 16.6. The maximum absolute atomic E-state index is 12.4. The van der Waals surface area contributed by atoms with Crippen molar-refractivity contribution in [3.8, 4) is 0 Å². The van der Waals surface area contributed by atoms with E-state index in [0.717, 1.165) is 30.9 Å². The predicted octanol–water partition coefficient (Wildman–Crippen LogP) is 3.27. The van der Waals surface area contributed by atoms with Gasteiger partial charge in [0.05, 0.1) is 18.3 Å². The van der Waals surface area contributed by atoms with Gasteiger partial charge in [0, 0.05) is 35.7 Å². The predicted molar refractivity (Wildman–Crippen MR) is 106 cm³/mol. The van der Waals surface area contributed by atoms with E-state index in [4.69, 9.17) is 0 Å². The molecule has 1 unspecified atom stereocenters. The Kier molecular flexibility index (Phi) is 4.74.